The van der Waals surface area contributed by atoms with E-state index in [-0.39, 0.29) is 69.4 Å². The predicted octanol–water partition coefficient (Wildman–Crippen LogP) is 5.42. The Balaban J connectivity index is 0. The molecule has 0 bridgehead atoms. The molecule has 244 valence electrons. The minimum Gasteiger partial charge on any atom is -0.659 e. The second kappa shape index (κ2) is 23.8. The first-order valence-electron chi connectivity index (χ1n) is 17.1. The Kier molecular flexibility index (Phi) is 25.7. The van der Waals surface area contributed by atoms with Gasteiger partial charge in [-0.25, -0.2) is 0 Å². The van der Waals surface area contributed by atoms with Crippen LogP contribution in [0.5, 0.6) is 0 Å². The monoisotopic (exact) mass is 670 g/mol. The molecular formula is C36H72Li2N2P4+4. The van der Waals surface area contributed by atoms with E-state index in [4.69, 9.17) is 9.97 Å². The molecule has 0 aromatic carbocycles. The van der Waals surface area contributed by atoms with Gasteiger partial charge in [0.25, 0.3) is 0 Å². The molecule has 2 heterocycles. The van der Waals surface area contributed by atoms with Gasteiger partial charge >= 0.3 is 37.7 Å². The zero-order valence-electron chi connectivity index (χ0n) is 32.7. The van der Waals surface area contributed by atoms with E-state index in [1.54, 1.807) is 0 Å². The van der Waals surface area contributed by atoms with Crippen molar-refractivity contribution in [1.82, 2.24) is 9.97 Å². The quantitative estimate of drug-likeness (QED) is 0.176. The van der Waals surface area contributed by atoms with E-state index in [0.717, 1.165) is 45.3 Å². The average Bonchev–Trinajstić information content (AvgIpc) is 3.50. The van der Waals surface area contributed by atoms with Gasteiger partial charge in [0.05, 0.1) is 69.9 Å². The van der Waals surface area contributed by atoms with Crippen molar-refractivity contribution in [2.24, 2.45) is 0 Å². The van der Waals surface area contributed by atoms with Crippen molar-refractivity contribution < 1.29 is 37.7 Å². The Hall–Kier alpha value is 1.47. The average molecular weight is 671 g/mol. The van der Waals surface area contributed by atoms with Gasteiger partial charge in [0.2, 0.25) is 0 Å². The van der Waals surface area contributed by atoms with Gasteiger partial charge in [-0.1, -0.05) is 24.3 Å². The van der Waals surface area contributed by atoms with E-state index in [9.17, 15) is 0 Å². The molecule has 0 N–H and O–H groups in total. The third kappa shape index (κ3) is 17.2. The molecule has 0 aliphatic carbocycles. The second-order valence-corrected chi connectivity index (χ2v) is 30.4. The van der Waals surface area contributed by atoms with Gasteiger partial charge in [-0.3, -0.25) is 0 Å². The molecule has 2 aromatic rings. The van der Waals surface area contributed by atoms with Gasteiger partial charge in [-0.15, -0.1) is 22.8 Å². The van der Waals surface area contributed by atoms with Gasteiger partial charge < -0.3 is 9.97 Å². The topological polar surface area (TPSA) is 28.2 Å². The zero-order valence-corrected chi connectivity index (χ0v) is 36.7. The summed E-state index contributed by atoms with van der Waals surface area (Å²) in [5, 5.41) is 0. The molecule has 0 spiro atoms. The molecule has 0 saturated carbocycles. The van der Waals surface area contributed by atoms with Crippen LogP contribution in [0.1, 0.15) is 134 Å². The number of hydrogen-bond acceptors (Lipinski definition) is 0. The van der Waals surface area contributed by atoms with Crippen LogP contribution in [0.4, 0.5) is 0 Å². The Bertz CT molecular complexity index is 799. The molecule has 0 saturated heterocycles. The van der Waals surface area contributed by atoms with Crippen LogP contribution in [0, 0.1) is 0 Å². The van der Waals surface area contributed by atoms with Crippen LogP contribution in [0.2, 0.25) is 0 Å². The third-order valence-electron chi connectivity index (χ3n) is 8.98. The molecule has 44 heavy (non-hydrogen) atoms. The summed E-state index contributed by atoms with van der Waals surface area (Å²) in [5.41, 5.74) is 12.1. The number of hydrogen-bond donors (Lipinski definition) is 0. The van der Waals surface area contributed by atoms with Gasteiger partial charge in [0.1, 0.15) is 0 Å². The van der Waals surface area contributed by atoms with Crippen LogP contribution in [0.25, 0.3) is 0 Å². The molecule has 0 unspecified atom stereocenters. The van der Waals surface area contributed by atoms with E-state index in [2.05, 4.69) is 135 Å². The molecule has 0 amide bonds. The van der Waals surface area contributed by atoms with Crippen molar-refractivity contribution in [2.45, 2.75) is 181 Å². The summed E-state index contributed by atoms with van der Waals surface area (Å²) < 4.78 is 0. The summed E-state index contributed by atoms with van der Waals surface area (Å²) in [6.45, 7) is 38.2. The van der Waals surface area contributed by atoms with Gasteiger partial charge in [-0.2, -0.15) is 0 Å². The smallest absolute Gasteiger partial charge is 0.659 e. The van der Waals surface area contributed by atoms with E-state index in [1.807, 2.05) is 0 Å². The fourth-order valence-corrected chi connectivity index (χ4v) is 17.5. The summed E-state index contributed by atoms with van der Waals surface area (Å²) in [6, 6.07) is 9.19. The molecule has 8 heteroatoms. The fraction of sp³-hybridized carbons (Fsp3) is 0.778. The molecule has 2 aromatic heterocycles. The molecule has 0 atom stereocenters. The first kappa shape index (κ1) is 47.6. The first-order valence-corrected chi connectivity index (χ1v) is 24.5. The van der Waals surface area contributed by atoms with Crippen LogP contribution in [0.3, 0.4) is 0 Å². The largest absolute Gasteiger partial charge is 1.00 e. The summed E-state index contributed by atoms with van der Waals surface area (Å²) in [6.07, 6.45) is 4.97. The maximum Gasteiger partial charge on any atom is 1.00 e. The normalized spacial score (nSPS) is 12.3. The minimum atomic E-state index is -0.332. The minimum absolute atomic E-state index is 0. The van der Waals surface area contributed by atoms with Crippen LogP contribution in [0.15, 0.2) is 24.3 Å². The van der Waals surface area contributed by atoms with Gasteiger partial charge in [-0.05, 0) is 111 Å². The molecule has 0 aliphatic rings. The summed E-state index contributed by atoms with van der Waals surface area (Å²) >= 11 is 0. The van der Waals surface area contributed by atoms with Crippen molar-refractivity contribution in [3.63, 3.8) is 0 Å². The van der Waals surface area contributed by atoms with Crippen LogP contribution >= 0.6 is 31.7 Å². The Labute approximate surface area is 305 Å². The van der Waals surface area contributed by atoms with Gasteiger partial charge in [0.15, 0.2) is 0 Å². The standard InChI is InChI=1S/2C18H34NP2.2Li/c2*1-13(2)20(14(3)4)11-17-9-10-18(19-17)12-21(15(5)6)16(7)8;;/h2*9-10,13-16H,11-12H2,1-8H3;;/q2*-1;2*+1/p+4. The Morgan fingerprint density at radius 1 is 0.341 bits per heavy atom. The maximum atomic E-state index is 4.97. The van der Waals surface area contributed by atoms with Crippen LogP contribution in [-0.2, 0) is 24.6 Å². The van der Waals surface area contributed by atoms with E-state index >= 15 is 0 Å². The third-order valence-corrected chi connectivity index (χ3v) is 23.9. The molecule has 0 aliphatic heterocycles. The van der Waals surface area contributed by atoms with Crippen molar-refractivity contribution in [3.05, 3.63) is 47.0 Å². The van der Waals surface area contributed by atoms with Gasteiger partial charge in [0, 0.05) is 31.7 Å². The van der Waals surface area contributed by atoms with Crippen molar-refractivity contribution >= 4 is 31.7 Å². The van der Waals surface area contributed by atoms with E-state index < -0.39 is 0 Å². The number of nitrogens with zero attached hydrogens (tertiary/aromatic N) is 2. The molecule has 0 fully saturated rings. The molecular weight excluding hydrogens is 598 g/mol. The Morgan fingerprint density at radius 2 is 0.477 bits per heavy atom. The van der Waals surface area contributed by atoms with Crippen LogP contribution in [-0.4, -0.2) is 45.3 Å². The van der Waals surface area contributed by atoms with Crippen molar-refractivity contribution in [3.8, 4) is 0 Å². The number of rotatable bonds is 16. The van der Waals surface area contributed by atoms with E-state index in [0.29, 0.717) is 0 Å². The molecule has 2 nitrogen and oxygen atoms in total. The second-order valence-electron chi connectivity index (χ2n) is 15.1. The van der Waals surface area contributed by atoms with Crippen molar-refractivity contribution in [2.75, 3.05) is 0 Å². The van der Waals surface area contributed by atoms with E-state index in [1.165, 1.54) is 47.4 Å². The Morgan fingerprint density at radius 3 is 0.591 bits per heavy atom. The summed E-state index contributed by atoms with van der Waals surface area (Å²) in [7, 11) is -1.33. The SMILES string of the molecule is CC(C)[PH+](Cc1ccc(C[PH+](C(C)C)C(C)C)[n-]1)C(C)C.CC(C)[PH+](Cc1ccc(C[PH+](C(C)C)C(C)C)[n-]1)C(C)C.[Li+].[Li+]. The summed E-state index contributed by atoms with van der Waals surface area (Å²) in [5.74, 6) is 0. The molecule has 2 rings (SSSR count). The first-order chi connectivity index (χ1) is 19.4. The fourth-order valence-electron chi connectivity index (χ4n) is 6.43. The van der Waals surface area contributed by atoms with Crippen molar-refractivity contribution in [1.29, 1.82) is 0 Å². The zero-order chi connectivity index (χ0) is 32.3. The number of aromatic nitrogens is 2. The predicted molar refractivity (Wildman–Crippen MR) is 209 cm³/mol. The molecule has 0 radical (unpaired) electrons. The maximum absolute atomic E-state index is 4.97. The summed E-state index contributed by atoms with van der Waals surface area (Å²) in [4.78, 5) is 9.94. The van der Waals surface area contributed by atoms with Crippen LogP contribution < -0.4 is 47.7 Å².